The summed E-state index contributed by atoms with van der Waals surface area (Å²) in [4.78, 5) is 27.3. The molecule has 0 unspecified atom stereocenters. The summed E-state index contributed by atoms with van der Waals surface area (Å²) in [6.07, 6.45) is 3.54. The number of hydrogen-bond acceptors (Lipinski definition) is 7. The van der Waals surface area contributed by atoms with Crippen LogP contribution in [0, 0.1) is 20.6 Å². The van der Waals surface area contributed by atoms with Crippen molar-refractivity contribution in [3.63, 3.8) is 0 Å². The van der Waals surface area contributed by atoms with Gasteiger partial charge < -0.3 is 14.2 Å². The molecule has 9 heteroatoms. The van der Waals surface area contributed by atoms with E-state index in [2.05, 4.69) is 34.5 Å². The van der Waals surface area contributed by atoms with Crippen LogP contribution in [0.25, 0.3) is 6.08 Å². The zero-order chi connectivity index (χ0) is 22.5. The fourth-order valence-corrected chi connectivity index (χ4v) is 3.69. The van der Waals surface area contributed by atoms with E-state index in [0.717, 1.165) is 16.4 Å². The summed E-state index contributed by atoms with van der Waals surface area (Å²) in [6, 6.07) is 8.18. The van der Waals surface area contributed by atoms with Gasteiger partial charge in [-0.3, -0.25) is 10.1 Å². The Kier molecular flexibility index (Phi) is 7.26. The predicted octanol–water partition coefficient (Wildman–Crippen LogP) is 5.04. The molecule has 3 rings (SSSR count). The van der Waals surface area contributed by atoms with Crippen LogP contribution < -0.4 is 9.47 Å². The maximum Gasteiger partial charge on any atom is 0.363 e. The Labute approximate surface area is 193 Å². The number of aryl methyl sites for hydroxylation is 1. The van der Waals surface area contributed by atoms with Crippen LogP contribution in [-0.2, 0) is 9.53 Å². The molecule has 1 aliphatic rings. The molecule has 1 aliphatic heterocycles. The van der Waals surface area contributed by atoms with Crippen molar-refractivity contribution in [3.05, 3.63) is 66.4 Å². The van der Waals surface area contributed by atoms with Gasteiger partial charge in [-0.2, -0.15) is 0 Å². The topological polar surface area (TPSA) is 100 Å². The van der Waals surface area contributed by atoms with E-state index in [4.69, 9.17) is 14.2 Å². The standard InChI is InChI=1S/C22H21IN2O6/c1-4-5-8-30-20-16(23)9-14(11-19(20)29-3)10-17-22(26)31-21(24-17)15-7-6-13(2)18(12-15)25(27)28/h6-7,9-12H,4-5,8H2,1-3H3/b17-10-. The number of halogens is 1. The van der Waals surface area contributed by atoms with E-state index >= 15 is 0 Å². The van der Waals surface area contributed by atoms with Crippen LogP contribution in [0.5, 0.6) is 11.5 Å². The maximum atomic E-state index is 12.3. The van der Waals surface area contributed by atoms with Gasteiger partial charge in [-0.25, -0.2) is 9.79 Å². The SMILES string of the molecule is CCCCOc1c(I)cc(/C=C2\N=C(c3ccc(C)c([N+](=O)[O-])c3)OC2=O)cc1OC. The first kappa shape index (κ1) is 22.7. The highest BCUT2D eigenvalue weighted by Crippen LogP contribution is 2.35. The van der Waals surface area contributed by atoms with Gasteiger partial charge in [-0.05, 0) is 65.8 Å². The molecule has 0 aliphatic carbocycles. The van der Waals surface area contributed by atoms with E-state index in [1.165, 1.54) is 6.07 Å². The second-order valence-corrected chi connectivity index (χ2v) is 7.99. The van der Waals surface area contributed by atoms with Crippen LogP contribution in [0.15, 0.2) is 41.0 Å². The third-order valence-corrected chi connectivity index (χ3v) is 5.37. The van der Waals surface area contributed by atoms with Gasteiger partial charge in [-0.1, -0.05) is 19.4 Å². The monoisotopic (exact) mass is 536 g/mol. The fraction of sp³-hybridized carbons (Fsp3) is 0.273. The lowest BCUT2D eigenvalue weighted by atomic mass is 10.1. The molecule has 8 nitrogen and oxygen atoms in total. The summed E-state index contributed by atoms with van der Waals surface area (Å²) in [6.45, 7) is 4.32. The summed E-state index contributed by atoms with van der Waals surface area (Å²) in [5, 5.41) is 11.2. The Hall–Kier alpha value is -2.95. The summed E-state index contributed by atoms with van der Waals surface area (Å²) in [7, 11) is 1.55. The van der Waals surface area contributed by atoms with Gasteiger partial charge >= 0.3 is 5.97 Å². The lowest BCUT2D eigenvalue weighted by Crippen LogP contribution is -2.06. The average molecular weight is 536 g/mol. The first-order valence-corrected chi connectivity index (χ1v) is 10.7. The Morgan fingerprint density at radius 1 is 1.29 bits per heavy atom. The number of ether oxygens (including phenoxy) is 3. The summed E-state index contributed by atoms with van der Waals surface area (Å²) < 4.78 is 17.4. The van der Waals surface area contributed by atoms with Crippen LogP contribution in [0.2, 0.25) is 0 Å². The molecule has 1 heterocycles. The lowest BCUT2D eigenvalue weighted by molar-refractivity contribution is -0.385. The number of carbonyl (C=O) groups excluding carboxylic acids is 1. The fourth-order valence-electron chi connectivity index (χ4n) is 2.91. The number of hydrogen-bond donors (Lipinski definition) is 0. The maximum absolute atomic E-state index is 12.3. The third-order valence-electron chi connectivity index (χ3n) is 4.57. The van der Waals surface area contributed by atoms with Crippen molar-refractivity contribution in [2.45, 2.75) is 26.7 Å². The van der Waals surface area contributed by atoms with Crippen molar-refractivity contribution in [1.29, 1.82) is 0 Å². The van der Waals surface area contributed by atoms with Gasteiger partial charge in [0, 0.05) is 17.2 Å². The Balaban J connectivity index is 1.92. The molecule has 2 aromatic carbocycles. The van der Waals surface area contributed by atoms with Crippen molar-refractivity contribution in [3.8, 4) is 11.5 Å². The quantitative estimate of drug-likeness (QED) is 0.117. The molecular formula is C22H21IN2O6. The molecule has 0 N–H and O–H groups in total. The molecule has 31 heavy (non-hydrogen) atoms. The first-order chi connectivity index (χ1) is 14.8. The van der Waals surface area contributed by atoms with E-state index in [1.807, 2.05) is 6.07 Å². The van der Waals surface area contributed by atoms with Crippen molar-refractivity contribution >= 4 is 46.2 Å². The number of benzene rings is 2. The highest BCUT2D eigenvalue weighted by molar-refractivity contribution is 14.1. The summed E-state index contributed by atoms with van der Waals surface area (Å²) in [5.74, 6) is 0.611. The Morgan fingerprint density at radius 2 is 2.06 bits per heavy atom. The van der Waals surface area contributed by atoms with E-state index in [0.29, 0.717) is 34.8 Å². The van der Waals surface area contributed by atoms with E-state index in [1.54, 1.807) is 38.3 Å². The van der Waals surface area contributed by atoms with Crippen molar-refractivity contribution in [2.24, 2.45) is 4.99 Å². The number of unbranched alkanes of at least 4 members (excludes halogenated alkanes) is 1. The number of esters is 1. The van der Waals surface area contributed by atoms with Gasteiger partial charge in [0.1, 0.15) is 0 Å². The van der Waals surface area contributed by atoms with Crippen LogP contribution in [0.1, 0.15) is 36.5 Å². The van der Waals surface area contributed by atoms with Gasteiger partial charge in [0.05, 0.1) is 22.2 Å². The van der Waals surface area contributed by atoms with Gasteiger partial charge in [0.2, 0.25) is 5.90 Å². The zero-order valence-corrected chi connectivity index (χ0v) is 19.5. The number of rotatable bonds is 8. The second kappa shape index (κ2) is 9.90. The van der Waals surface area contributed by atoms with Crippen LogP contribution in [0.3, 0.4) is 0 Å². The van der Waals surface area contributed by atoms with Crippen molar-refractivity contribution in [2.75, 3.05) is 13.7 Å². The number of aliphatic imine (C=N–C) groups is 1. The predicted molar refractivity (Wildman–Crippen MR) is 125 cm³/mol. The molecule has 0 atom stereocenters. The molecule has 2 aromatic rings. The third kappa shape index (κ3) is 5.22. The zero-order valence-electron chi connectivity index (χ0n) is 17.3. The number of nitrogens with zero attached hydrogens (tertiary/aromatic N) is 2. The molecule has 0 saturated heterocycles. The number of methoxy groups -OCH3 is 1. The lowest BCUT2D eigenvalue weighted by Gasteiger charge is -2.13. The number of cyclic esters (lactones) is 1. The molecule has 0 saturated carbocycles. The molecule has 0 fully saturated rings. The minimum atomic E-state index is -0.629. The van der Waals surface area contributed by atoms with Crippen molar-refractivity contribution in [1.82, 2.24) is 0 Å². The number of nitro groups is 1. The molecular weight excluding hydrogens is 515 g/mol. The summed E-state index contributed by atoms with van der Waals surface area (Å²) >= 11 is 2.15. The highest BCUT2D eigenvalue weighted by atomic mass is 127. The molecule has 0 bridgehead atoms. The Bertz CT molecular complexity index is 1090. The number of carbonyl (C=O) groups is 1. The largest absolute Gasteiger partial charge is 0.493 e. The Morgan fingerprint density at radius 3 is 2.74 bits per heavy atom. The van der Waals surface area contributed by atoms with Crippen molar-refractivity contribution < 1.29 is 23.9 Å². The average Bonchev–Trinajstić information content (AvgIpc) is 3.09. The molecule has 162 valence electrons. The van der Waals surface area contributed by atoms with E-state index in [-0.39, 0.29) is 17.3 Å². The van der Waals surface area contributed by atoms with E-state index < -0.39 is 10.9 Å². The molecule has 0 spiro atoms. The smallest absolute Gasteiger partial charge is 0.363 e. The molecule has 0 aromatic heterocycles. The van der Waals surface area contributed by atoms with Crippen LogP contribution in [-0.4, -0.2) is 30.5 Å². The highest BCUT2D eigenvalue weighted by Gasteiger charge is 2.26. The molecule has 0 amide bonds. The first-order valence-electron chi connectivity index (χ1n) is 9.62. The minimum Gasteiger partial charge on any atom is -0.493 e. The van der Waals surface area contributed by atoms with E-state index in [9.17, 15) is 14.9 Å². The second-order valence-electron chi connectivity index (χ2n) is 6.83. The van der Waals surface area contributed by atoms with Crippen LogP contribution >= 0.6 is 22.6 Å². The van der Waals surface area contributed by atoms with Gasteiger partial charge in [0.15, 0.2) is 17.2 Å². The van der Waals surface area contributed by atoms with Gasteiger partial charge in [-0.15, -0.1) is 0 Å². The summed E-state index contributed by atoms with van der Waals surface area (Å²) in [5.41, 5.74) is 1.59. The number of nitro benzene ring substituents is 1. The van der Waals surface area contributed by atoms with Crippen LogP contribution in [0.4, 0.5) is 5.69 Å². The van der Waals surface area contributed by atoms with Gasteiger partial charge in [0.25, 0.3) is 5.69 Å². The normalized spacial score (nSPS) is 14.4. The molecule has 0 radical (unpaired) electrons. The minimum absolute atomic E-state index is 0.0283.